The highest BCUT2D eigenvalue weighted by molar-refractivity contribution is 6.24. The summed E-state index contributed by atoms with van der Waals surface area (Å²) < 4.78 is 0. The number of unbranched alkanes of at least 4 members (excludes halogenated alkanes) is 6. The summed E-state index contributed by atoms with van der Waals surface area (Å²) in [6.07, 6.45) is 11.7. The molecule has 0 bridgehead atoms. The van der Waals surface area contributed by atoms with Crippen LogP contribution in [0.1, 0.15) is 56.1 Å². The van der Waals surface area contributed by atoms with Crippen LogP contribution in [0, 0.1) is 0 Å². The van der Waals surface area contributed by atoms with Gasteiger partial charge in [0, 0.05) is 0 Å². The van der Waals surface area contributed by atoms with Crippen molar-refractivity contribution < 1.29 is 0 Å². The zero-order valence-electron chi connectivity index (χ0n) is 23.8. The molecule has 0 spiro atoms. The molecule has 0 aliphatic heterocycles. The maximum atomic E-state index is 2.38. The molecular weight excluding hydrogens is 492 g/mol. The van der Waals surface area contributed by atoms with Crippen molar-refractivity contribution in [1.29, 1.82) is 0 Å². The van der Waals surface area contributed by atoms with Crippen molar-refractivity contribution >= 4 is 64.6 Å². The van der Waals surface area contributed by atoms with E-state index in [1.54, 1.807) is 0 Å². The maximum Gasteiger partial charge on any atom is -0.00240 e. The molecule has 0 heterocycles. The van der Waals surface area contributed by atoms with Crippen LogP contribution in [0.15, 0.2) is 109 Å². The molecule has 0 nitrogen and oxygen atoms in total. The number of hydrogen-bond acceptors (Lipinski definition) is 0. The van der Waals surface area contributed by atoms with E-state index in [0.717, 1.165) is 0 Å². The molecule has 0 N–H and O–H groups in total. The van der Waals surface area contributed by atoms with E-state index in [1.165, 1.54) is 134 Å². The molecule has 0 aromatic heterocycles. The average molecular weight is 529 g/mol. The Labute approximate surface area is 242 Å². The van der Waals surface area contributed by atoms with Crippen LogP contribution in [0.25, 0.3) is 64.6 Å². The van der Waals surface area contributed by atoms with E-state index < -0.39 is 0 Å². The van der Waals surface area contributed by atoms with Gasteiger partial charge in [0.2, 0.25) is 0 Å². The topological polar surface area (TPSA) is 0 Å². The Hall–Kier alpha value is -4.16. The minimum absolute atomic E-state index is 1.18. The van der Waals surface area contributed by atoms with Gasteiger partial charge in [-0.05, 0) is 101 Å². The van der Waals surface area contributed by atoms with Gasteiger partial charge in [-0.1, -0.05) is 141 Å². The molecule has 41 heavy (non-hydrogen) atoms. The normalized spacial score (nSPS) is 12.3. The lowest BCUT2D eigenvalue weighted by molar-refractivity contribution is 0.580. The van der Waals surface area contributed by atoms with Crippen LogP contribution in [0.5, 0.6) is 0 Å². The van der Waals surface area contributed by atoms with Gasteiger partial charge >= 0.3 is 0 Å². The lowest BCUT2D eigenvalue weighted by Gasteiger charge is -2.14. The van der Waals surface area contributed by atoms with Gasteiger partial charge in [0.05, 0.1) is 0 Å². The van der Waals surface area contributed by atoms with E-state index in [1.807, 2.05) is 0 Å². The van der Waals surface area contributed by atoms with Crippen LogP contribution in [0.2, 0.25) is 0 Å². The lowest BCUT2D eigenvalue weighted by atomic mass is 9.90. The Morgan fingerprint density at radius 2 is 0.585 bits per heavy atom. The summed E-state index contributed by atoms with van der Waals surface area (Å²) in [6.45, 7) is 0. The number of rotatable bonds is 10. The molecule has 0 saturated heterocycles. The van der Waals surface area contributed by atoms with Gasteiger partial charge in [-0.2, -0.15) is 0 Å². The zero-order chi connectivity index (χ0) is 27.2. The first-order chi connectivity index (χ1) is 20.3. The molecule has 8 rings (SSSR count). The lowest BCUT2D eigenvalue weighted by Crippen LogP contribution is -1.92. The SMILES string of the molecule is c1cc2ccc3ccc(CCCCCCCCCc4ccc5ccc6cccc7ccc4c5c67)c4ccc(c1)c2c34. The van der Waals surface area contributed by atoms with Gasteiger partial charge in [-0.15, -0.1) is 0 Å². The van der Waals surface area contributed by atoms with Gasteiger partial charge < -0.3 is 0 Å². The van der Waals surface area contributed by atoms with Crippen LogP contribution in [0.4, 0.5) is 0 Å². The Morgan fingerprint density at radius 1 is 0.268 bits per heavy atom. The van der Waals surface area contributed by atoms with Gasteiger partial charge in [0.1, 0.15) is 0 Å². The molecule has 0 atom stereocenters. The van der Waals surface area contributed by atoms with E-state index in [4.69, 9.17) is 0 Å². The summed E-state index contributed by atoms with van der Waals surface area (Å²) in [5.41, 5.74) is 3.04. The average Bonchev–Trinajstić information content (AvgIpc) is 3.02. The van der Waals surface area contributed by atoms with Crippen LogP contribution < -0.4 is 0 Å². The third-order valence-electron chi connectivity index (χ3n) is 9.63. The number of benzene rings is 8. The first-order valence-electron chi connectivity index (χ1n) is 15.7. The molecule has 0 unspecified atom stereocenters. The van der Waals surface area contributed by atoms with E-state index in [0.29, 0.717) is 0 Å². The molecule has 0 heteroatoms. The highest BCUT2D eigenvalue weighted by Crippen LogP contribution is 2.37. The molecular formula is C41H36. The predicted molar refractivity (Wildman–Crippen MR) is 180 cm³/mol. The van der Waals surface area contributed by atoms with Crippen LogP contribution in [-0.4, -0.2) is 0 Å². The third kappa shape index (κ3) is 4.29. The standard InChI is InChI=1S/C41H36/c1(2-4-6-10-28-16-18-34-22-20-30-12-8-14-32-24-26-36(28)40(34)38(30)32)3-5-7-11-29-17-19-35-23-21-31-13-9-15-33-25-27-37(29)41(35)39(31)33/h8-9,12-27H,1-7,10-11H2. The van der Waals surface area contributed by atoms with Crippen LogP contribution in [-0.2, 0) is 12.8 Å². The molecule has 0 amide bonds. The van der Waals surface area contributed by atoms with Crippen molar-refractivity contribution in [2.45, 2.75) is 57.8 Å². The van der Waals surface area contributed by atoms with Crippen LogP contribution >= 0.6 is 0 Å². The Morgan fingerprint density at radius 3 is 1.00 bits per heavy atom. The molecule has 0 aliphatic carbocycles. The summed E-state index contributed by atoms with van der Waals surface area (Å²) in [6, 6.07) is 41.3. The fourth-order valence-electron chi connectivity index (χ4n) is 7.54. The molecule has 0 aliphatic rings. The van der Waals surface area contributed by atoms with Crippen molar-refractivity contribution in [1.82, 2.24) is 0 Å². The summed E-state index contributed by atoms with van der Waals surface area (Å²) >= 11 is 0. The first kappa shape index (κ1) is 24.6. The van der Waals surface area contributed by atoms with Crippen molar-refractivity contribution in [2.24, 2.45) is 0 Å². The second kappa shape index (κ2) is 10.3. The molecule has 8 aromatic rings. The van der Waals surface area contributed by atoms with Crippen molar-refractivity contribution in [3.63, 3.8) is 0 Å². The third-order valence-corrected chi connectivity index (χ3v) is 9.63. The largest absolute Gasteiger partial charge is 0.0610 e. The van der Waals surface area contributed by atoms with Crippen molar-refractivity contribution in [3.05, 3.63) is 120 Å². The Kier molecular flexibility index (Phi) is 6.21. The molecule has 0 radical (unpaired) electrons. The molecule has 8 aromatic carbocycles. The van der Waals surface area contributed by atoms with E-state index in [-0.39, 0.29) is 0 Å². The molecule has 0 saturated carbocycles. The number of aryl methyl sites for hydroxylation is 2. The Bertz CT molecular complexity index is 1940. The number of hydrogen-bond donors (Lipinski definition) is 0. The summed E-state index contributed by atoms with van der Waals surface area (Å²) in [7, 11) is 0. The second-order valence-corrected chi connectivity index (χ2v) is 12.1. The minimum atomic E-state index is 1.18. The quantitative estimate of drug-likeness (QED) is 0.122. The van der Waals surface area contributed by atoms with Gasteiger partial charge in [-0.3, -0.25) is 0 Å². The van der Waals surface area contributed by atoms with Crippen LogP contribution in [0.3, 0.4) is 0 Å². The Balaban J connectivity index is 0.849. The van der Waals surface area contributed by atoms with E-state index >= 15 is 0 Å². The first-order valence-corrected chi connectivity index (χ1v) is 15.7. The monoisotopic (exact) mass is 528 g/mol. The van der Waals surface area contributed by atoms with Gasteiger partial charge in [0.25, 0.3) is 0 Å². The zero-order valence-corrected chi connectivity index (χ0v) is 23.8. The summed E-state index contributed by atoms with van der Waals surface area (Å²) in [5.74, 6) is 0. The molecule has 0 fully saturated rings. The highest BCUT2D eigenvalue weighted by atomic mass is 14.2. The minimum Gasteiger partial charge on any atom is -0.0610 e. The van der Waals surface area contributed by atoms with Gasteiger partial charge in [0.15, 0.2) is 0 Å². The van der Waals surface area contributed by atoms with E-state index in [2.05, 4.69) is 109 Å². The predicted octanol–water partition coefficient (Wildman–Crippen LogP) is 12.0. The summed E-state index contributed by atoms with van der Waals surface area (Å²) in [5, 5.41) is 16.9. The van der Waals surface area contributed by atoms with Crippen molar-refractivity contribution in [2.75, 3.05) is 0 Å². The van der Waals surface area contributed by atoms with E-state index in [9.17, 15) is 0 Å². The molecule has 200 valence electrons. The second-order valence-electron chi connectivity index (χ2n) is 12.1. The van der Waals surface area contributed by atoms with Crippen molar-refractivity contribution in [3.8, 4) is 0 Å². The maximum absolute atomic E-state index is 2.38. The fraction of sp³-hybridized carbons (Fsp3) is 0.220. The van der Waals surface area contributed by atoms with Gasteiger partial charge in [-0.25, -0.2) is 0 Å². The smallest absolute Gasteiger partial charge is 0.00240 e. The summed E-state index contributed by atoms with van der Waals surface area (Å²) in [4.78, 5) is 0. The highest BCUT2D eigenvalue weighted by Gasteiger charge is 2.12. The fourth-order valence-corrected chi connectivity index (χ4v) is 7.54.